The van der Waals surface area contributed by atoms with Crippen molar-refractivity contribution >= 4 is 5.97 Å². The normalized spacial score (nSPS) is 22.8. The number of esters is 1. The quantitative estimate of drug-likeness (QED) is 0.725. The molecule has 0 radical (unpaired) electrons. The van der Waals surface area contributed by atoms with Crippen LogP contribution in [0.4, 0.5) is 0 Å². The molecule has 0 aromatic heterocycles. The molecule has 0 aromatic carbocycles. The minimum absolute atomic E-state index is 0.0499. The van der Waals surface area contributed by atoms with Gasteiger partial charge in [-0.25, -0.2) is 0 Å². The van der Waals surface area contributed by atoms with Gasteiger partial charge >= 0.3 is 5.97 Å². The maximum absolute atomic E-state index is 11.6. The van der Waals surface area contributed by atoms with Crippen molar-refractivity contribution in [3.8, 4) is 0 Å². The molecule has 1 aliphatic rings. The molecule has 1 saturated heterocycles. The Kier molecular flexibility index (Phi) is 5.22. The van der Waals surface area contributed by atoms with E-state index in [0.717, 1.165) is 32.4 Å². The average Bonchev–Trinajstić information content (AvgIpc) is 2.30. The fourth-order valence-corrected chi connectivity index (χ4v) is 2.49. The molecule has 0 aromatic rings. The number of carbonyl (C=O) groups is 1. The second-order valence-corrected chi connectivity index (χ2v) is 4.76. The first-order valence-electron chi connectivity index (χ1n) is 6.12. The van der Waals surface area contributed by atoms with Gasteiger partial charge in [0.1, 0.15) is 0 Å². The molecule has 0 aliphatic carbocycles. The Bertz CT molecular complexity index is 225. The molecule has 0 saturated carbocycles. The molecule has 1 fully saturated rings. The molecule has 0 amide bonds. The predicted octanol–water partition coefficient (Wildman–Crippen LogP) is 0.855. The van der Waals surface area contributed by atoms with Gasteiger partial charge in [-0.1, -0.05) is 6.92 Å². The van der Waals surface area contributed by atoms with Crippen molar-refractivity contribution in [2.75, 3.05) is 27.2 Å². The third kappa shape index (κ3) is 3.19. The largest absolute Gasteiger partial charge is 0.469 e. The van der Waals surface area contributed by atoms with Gasteiger partial charge < -0.3 is 15.4 Å². The first-order valence-corrected chi connectivity index (χ1v) is 6.12. The summed E-state index contributed by atoms with van der Waals surface area (Å²) in [4.78, 5) is 13.9. The molecule has 94 valence electrons. The monoisotopic (exact) mass is 228 g/mol. The van der Waals surface area contributed by atoms with E-state index in [2.05, 4.69) is 11.9 Å². The lowest BCUT2D eigenvalue weighted by Crippen LogP contribution is -2.46. The lowest BCUT2D eigenvalue weighted by atomic mass is 9.81. The van der Waals surface area contributed by atoms with Crippen molar-refractivity contribution in [1.82, 2.24) is 4.90 Å². The van der Waals surface area contributed by atoms with Gasteiger partial charge in [0.25, 0.3) is 0 Å². The number of rotatable bonds is 4. The van der Waals surface area contributed by atoms with E-state index >= 15 is 0 Å². The molecule has 2 atom stereocenters. The van der Waals surface area contributed by atoms with Crippen molar-refractivity contribution in [2.45, 2.75) is 32.2 Å². The van der Waals surface area contributed by atoms with Crippen molar-refractivity contribution < 1.29 is 9.53 Å². The first-order chi connectivity index (χ1) is 7.60. The standard InChI is InChI=1S/C12H24N2O2/c1-4-10(12(15)16-3)11(13)9-5-7-14(2)8-6-9/h9-11H,4-8,13H2,1-3H3. The summed E-state index contributed by atoms with van der Waals surface area (Å²) in [6.45, 7) is 4.16. The molecule has 2 unspecified atom stereocenters. The van der Waals surface area contributed by atoms with Crippen molar-refractivity contribution in [3.63, 3.8) is 0 Å². The van der Waals surface area contributed by atoms with E-state index in [4.69, 9.17) is 10.5 Å². The molecule has 1 rings (SSSR count). The Morgan fingerprint density at radius 2 is 2.06 bits per heavy atom. The molecule has 0 bridgehead atoms. The van der Waals surface area contributed by atoms with Crippen LogP contribution in [0.25, 0.3) is 0 Å². The van der Waals surface area contributed by atoms with Crippen LogP contribution in [0.2, 0.25) is 0 Å². The van der Waals surface area contributed by atoms with E-state index in [9.17, 15) is 4.79 Å². The number of carbonyl (C=O) groups excluding carboxylic acids is 1. The minimum Gasteiger partial charge on any atom is -0.469 e. The Labute approximate surface area is 98.1 Å². The number of likely N-dealkylation sites (tertiary alicyclic amines) is 1. The van der Waals surface area contributed by atoms with Gasteiger partial charge in [0.15, 0.2) is 0 Å². The second-order valence-electron chi connectivity index (χ2n) is 4.76. The van der Waals surface area contributed by atoms with Crippen molar-refractivity contribution in [1.29, 1.82) is 0 Å². The number of nitrogens with zero attached hydrogens (tertiary/aromatic N) is 1. The van der Waals surface area contributed by atoms with Crippen LogP contribution in [0.15, 0.2) is 0 Å². The van der Waals surface area contributed by atoms with E-state index in [1.165, 1.54) is 7.11 Å². The molecule has 4 nitrogen and oxygen atoms in total. The summed E-state index contributed by atoms with van der Waals surface area (Å²) in [5.74, 6) is 0.160. The molecular weight excluding hydrogens is 204 g/mol. The zero-order valence-corrected chi connectivity index (χ0v) is 10.6. The number of hydrogen-bond acceptors (Lipinski definition) is 4. The maximum Gasteiger partial charge on any atom is 0.310 e. The topological polar surface area (TPSA) is 55.6 Å². The van der Waals surface area contributed by atoms with Crippen molar-refractivity contribution in [2.24, 2.45) is 17.6 Å². The summed E-state index contributed by atoms with van der Waals surface area (Å²) in [7, 11) is 3.56. The lowest BCUT2D eigenvalue weighted by Gasteiger charge is -2.35. The van der Waals surface area contributed by atoms with Gasteiger partial charge in [0.05, 0.1) is 13.0 Å². The van der Waals surface area contributed by atoms with Gasteiger partial charge in [-0.05, 0) is 45.3 Å². The van der Waals surface area contributed by atoms with E-state index in [0.29, 0.717) is 5.92 Å². The molecular formula is C12H24N2O2. The van der Waals surface area contributed by atoms with Crippen LogP contribution in [-0.2, 0) is 9.53 Å². The van der Waals surface area contributed by atoms with E-state index in [-0.39, 0.29) is 17.9 Å². The lowest BCUT2D eigenvalue weighted by molar-refractivity contribution is -0.147. The van der Waals surface area contributed by atoms with Crippen LogP contribution < -0.4 is 5.73 Å². The predicted molar refractivity (Wildman–Crippen MR) is 64.0 cm³/mol. The zero-order valence-electron chi connectivity index (χ0n) is 10.6. The summed E-state index contributed by atoms with van der Waals surface area (Å²) in [6, 6.07) is -0.0499. The number of nitrogens with two attached hydrogens (primary N) is 1. The molecule has 1 heterocycles. The number of methoxy groups -OCH3 is 1. The SMILES string of the molecule is CCC(C(=O)OC)C(N)C1CCN(C)CC1. The first kappa shape index (κ1) is 13.5. The summed E-state index contributed by atoms with van der Waals surface area (Å²) in [6.07, 6.45) is 2.94. The fraction of sp³-hybridized carbons (Fsp3) is 0.917. The smallest absolute Gasteiger partial charge is 0.310 e. The van der Waals surface area contributed by atoms with Gasteiger partial charge in [-0.15, -0.1) is 0 Å². The second kappa shape index (κ2) is 6.21. The zero-order chi connectivity index (χ0) is 12.1. The van der Waals surface area contributed by atoms with Crippen LogP contribution in [-0.4, -0.2) is 44.2 Å². The average molecular weight is 228 g/mol. The third-order valence-corrected chi connectivity index (χ3v) is 3.72. The van der Waals surface area contributed by atoms with Crippen LogP contribution in [0.1, 0.15) is 26.2 Å². The van der Waals surface area contributed by atoms with Crippen molar-refractivity contribution in [3.05, 3.63) is 0 Å². The van der Waals surface area contributed by atoms with E-state index < -0.39 is 0 Å². The van der Waals surface area contributed by atoms with Gasteiger partial charge in [0.2, 0.25) is 0 Å². The Morgan fingerprint density at radius 1 is 1.50 bits per heavy atom. The van der Waals surface area contributed by atoms with Gasteiger partial charge in [0, 0.05) is 6.04 Å². The molecule has 1 aliphatic heterocycles. The van der Waals surface area contributed by atoms with E-state index in [1.807, 2.05) is 6.92 Å². The Hall–Kier alpha value is -0.610. The highest BCUT2D eigenvalue weighted by molar-refractivity contribution is 5.73. The van der Waals surface area contributed by atoms with E-state index in [1.54, 1.807) is 0 Å². The summed E-state index contributed by atoms with van der Waals surface area (Å²) >= 11 is 0. The molecule has 2 N–H and O–H groups in total. The highest BCUT2D eigenvalue weighted by Crippen LogP contribution is 2.25. The molecule has 4 heteroatoms. The van der Waals surface area contributed by atoms with Crippen LogP contribution >= 0.6 is 0 Å². The summed E-state index contributed by atoms with van der Waals surface area (Å²) in [5.41, 5.74) is 6.21. The summed E-state index contributed by atoms with van der Waals surface area (Å²) in [5, 5.41) is 0. The summed E-state index contributed by atoms with van der Waals surface area (Å²) < 4.78 is 4.81. The highest BCUT2D eigenvalue weighted by atomic mass is 16.5. The van der Waals surface area contributed by atoms with Crippen LogP contribution in [0, 0.1) is 11.8 Å². The Balaban J connectivity index is 2.54. The van der Waals surface area contributed by atoms with Crippen LogP contribution in [0.5, 0.6) is 0 Å². The molecule has 16 heavy (non-hydrogen) atoms. The number of piperidine rings is 1. The van der Waals surface area contributed by atoms with Gasteiger partial charge in [-0.2, -0.15) is 0 Å². The number of ether oxygens (including phenoxy) is 1. The number of hydrogen-bond donors (Lipinski definition) is 1. The third-order valence-electron chi connectivity index (χ3n) is 3.72. The highest BCUT2D eigenvalue weighted by Gasteiger charge is 2.32. The fourth-order valence-electron chi connectivity index (χ4n) is 2.49. The Morgan fingerprint density at radius 3 is 2.50 bits per heavy atom. The maximum atomic E-state index is 11.6. The van der Waals surface area contributed by atoms with Crippen LogP contribution in [0.3, 0.4) is 0 Å². The minimum atomic E-state index is -0.158. The molecule has 0 spiro atoms. The van der Waals surface area contributed by atoms with Gasteiger partial charge in [-0.3, -0.25) is 4.79 Å².